The van der Waals surface area contributed by atoms with Gasteiger partial charge in [-0.3, -0.25) is 4.79 Å². The lowest BCUT2D eigenvalue weighted by Gasteiger charge is -2.05. The molecule has 0 spiro atoms. The molecule has 6 heteroatoms. The number of rotatable bonds is 3. The second-order valence-corrected chi connectivity index (χ2v) is 5.46. The van der Waals surface area contributed by atoms with Gasteiger partial charge in [-0.25, -0.2) is 4.39 Å². The Balaban J connectivity index is 1.88. The average molecular weight is 361 g/mol. The van der Waals surface area contributed by atoms with Crippen molar-refractivity contribution in [2.45, 2.75) is 0 Å². The van der Waals surface area contributed by atoms with E-state index in [4.69, 9.17) is 4.52 Å². The van der Waals surface area contributed by atoms with Crippen molar-refractivity contribution in [3.8, 4) is 11.3 Å². The number of carbonyl (C=O) groups is 1. The monoisotopic (exact) mass is 360 g/mol. The number of hydrogen-bond acceptors (Lipinski definition) is 3. The Morgan fingerprint density at radius 1 is 1.18 bits per heavy atom. The molecule has 1 heterocycles. The number of aromatic nitrogens is 1. The Labute approximate surface area is 134 Å². The highest BCUT2D eigenvalue weighted by Crippen LogP contribution is 2.25. The van der Waals surface area contributed by atoms with Crippen LogP contribution in [-0.4, -0.2) is 11.1 Å². The highest BCUT2D eigenvalue weighted by atomic mass is 79.9. The van der Waals surface area contributed by atoms with Crippen molar-refractivity contribution in [1.29, 1.82) is 0 Å². The Kier molecular flexibility index (Phi) is 4.02. The van der Waals surface area contributed by atoms with E-state index in [-0.39, 0.29) is 17.3 Å². The van der Waals surface area contributed by atoms with E-state index >= 15 is 0 Å². The van der Waals surface area contributed by atoms with Crippen molar-refractivity contribution >= 4 is 27.5 Å². The molecule has 3 aromatic rings. The van der Waals surface area contributed by atoms with E-state index < -0.39 is 0 Å². The molecule has 1 amide bonds. The van der Waals surface area contributed by atoms with Crippen LogP contribution in [0.3, 0.4) is 0 Å². The first-order chi connectivity index (χ1) is 10.6. The lowest BCUT2D eigenvalue weighted by molar-refractivity contribution is 0.102. The molecular formula is C16H10BrFN2O2. The normalized spacial score (nSPS) is 10.5. The van der Waals surface area contributed by atoms with E-state index in [1.54, 1.807) is 12.1 Å². The maximum absolute atomic E-state index is 13.0. The van der Waals surface area contributed by atoms with Crippen LogP contribution in [0.4, 0.5) is 10.1 Å². The van der Waals surface area contributed by atoms with E-state index in [0.717, 1.165) is 4.47 Å². The number of amides is 1. The fourth-order valence-corrected chi connectivity index (χ4v) is 2.37. The van der Waals surface area contributed by atoms with Crippen molar-refractivity contribution in [3.05, 3.63) is 70.6 Å². The predicted molar refractivity (Wildman–Crippen MR) is 84.0 cm³/mol. The minimum Gasteiger partial charge on any atom is -0.355 e. The summed E-state index contributed by atoms with van der Waals surface area (Å²) in [5.41, 5.74) is 1.51. The van der Waals surface area contributed by atoms with Gasteiger partial charge in [0.25, 0.3) is 5.91 Å². The molecule has 0 bridgehead atoms. The summed E-state index contributed by atoms with van der Waals surface area (Å²) in [6.45, 7) is 0. The van der Waals surface area contributed by atoms with Crippen LogP contribution in [-0.2, 0) is 0 Å². The van der Waals surface area contributed by atoms with E-state index in [2.05, 4.69) is 26.4 Å². The van der Waals surface area contributed by atoms with E-state index in [9.17, 15) is 9.18 Å². The van der Waals surface area contributed by atoms with E-state index in [1.165, 1.54) is 30.5 Å². The third-order valence-corrected chi connectivity index (χ3v) is 3.50. The Morgan fingerprint density at radius 3 is 2.68 bits per heavy atom. The predicted octanol–water partition coefficient (Wildman–Crippen LogP) is 4.50. The van der Waals surface area contributed by atoms with E-state index in [1.807, 2.05) is 12.1 Å². The maximum Gasteiger partial charge on any atom is 0.261 e. The first-order valence-corrected chi connectivity index (χ1v) is 7.20. The summed E-state index contributed by atoms with van der Waals surface area (Å²) in [5.74, 6) is -0.408. The Bertz CT molecular complexity index is 815. The molecule has 0 radical (unpaired) electrons. The van der Waals surface area contributed by atoms with Crippen molar-refractivity contribution in [3.63, 3.8) is 0 Å². The van der Waals surface area contributed by atoms with Crippen LogP contribution in [0.15, 0.2) is 63.7 Å². The van der Waals surface area contributed by atoms with Crippen LogP contribution in [0.1, 0.15) is 10.4 Å². The van der Waals surface area contributed by atoms with Gasteiger partial charge < -0.3 is 9.84 Å². The number of carbonyl (C=O) groups excluding carboxylic acids is 1. The van der Waals surface area contributed by atoms with Crippen molar-refractivity contribution in [2.75, 3.05) is 5.32 Å². The molecule has 2 aromatic carbocycles. The van der Waals surface area contributed by atoms with Crippen molar-refractivity contribution < 1.29 is 13.7 Å². The second kappa shape index (κ2) is 6.11. The SMILES string of the molecule is O=C(Nc1cccc(Br)c1)c1cnoc1-c1ccc(F)cc1. The summed E-state index contributed by atoms with van der Waals surface area (Å²) in [5, 5.41) is 6.43. The number of nitrogens with one attached hydrogen (secondary N) is 1. The number of hydrogen-bond donors (Lipinski definition) is 1. The molecule has 0 atom stereocenters. The molecule has 1 N–H and O–H groups in total. The first-order valence-electron chi connectivity index (χ1n) is 6.41. The molecule has 0 fully saturated rings. The molecular weight excluding hydrogens is 351 g/mol. The van der Waals surface area contributed by atoms with Crippen LogP contribution in [0.2, 0.25) is 0 Å². The molecule has 0 aliphatic heterocycles. The lowest BCUT2D eigenvalue weighted by atomic mass is 10.1. The third kappa shape index (κ3) is 3.07. The molecule has 0 saturated heterocycles. The molecule has 3 rings (SSSR count). The number of nitrogens with zero attached hydrogens (tertiary/aromatic N) is 1. The summed E-state index contributed by atoms with van der Waals surface area (Å²) in [6, 6.07) is 12.9. The first kappa shape index (κ1) is 14.5. The largest absolute Gasteiger partial charge is 0.355 e. The fourth-order valence-electron chi connectivity index (χ4n) is 1.98. The standard InChI is InChI=1S/C16H10BrFN2O2/c17-11-2-1-3-13(8-11)20-16(21)14-9-19-22-15(14)10-4-6-12(18)7-5-10/h1-9H,(H,20,21). The molecule has 0 aliphatic rings. The van der Waals surface area contributed by atoms with Gasteiger partial charge in [-0.15, -0.1) is 0 Å². The smallest absolute Gasteiger partial charge is 0.261 e. The van der Waals surface area contributed by atoms with Crippen molar-refractivity contribution in [1.82, 2.24) is 5.16 Å². The van der Waals surface area contributed by atoms with Gasteiger partial charge in [-0.2, -0.15) is 0 Å². The fraction of sp³-hybridized carbons (Fsp3) is 0. The average Bonchev–Trinajstić information content (AvgIpc) is 2.97. The van der Waals surface area contributed by atoms with Crippen LogP contribution in [0.5, 0.6) is 0 Å². The molecule has 1 aromatic heterocycles. The van der Waals surface area contributed by atoms with Gasteiger partial charge in [0, 0.05) is 15.7 Å². The highest BCUT2D eigenvalue weighted by Gasteiger charge is 2.18. The summed E-state index contributed by atoms with van der Waals surface area (Å²) in [6.07, 6.45) is 1.34. The number of benzene rings is 2. The molecule has 22 heavy (non-hydrogen) atoms. The maximum atomic E-state index is 13.0. The van der Waals surface area contributed by atoms with Gasteiger partial charge in [-0.1, -0.05) is 27.2 Å². The zero-order chi connectivity index (χ0) is 15.5. The Morgan fingerprint density at radius 2 is 1.95 bits per heavy atom. The number of halogens is 2. The van der Waals surface area contributed by atoms with Gasteiger partial charge in [0.15, 0.2) is 5.76 Å². The van der Waals surface area contributed by atoms with Gasteiger partial charge in [0.1, 0.15) is 11.4 Å². The zero-order valence-electron chi connectivity index (χ0n) is 11.2. The lowest BCUT2D eigenvalue weighted by Crippen LogP contribution is -2.12. The Hall–Kier alpha value is -2.47. The minimum absolute atomic E-state index is 0.284. The molecule has 0 aliphatic carbocycles. The van der Waals surface area contributed by atoms with Crippen molar-refractivity contribution in [2.24, 2.45) is 0 Å². The molecule has 4 nitrogen and oxygen atoms in total. The summed E-state index contributed by atoms with van der Waals surface area (Å²) >= 11 is 3.34. The van der Waals surface area contributed by atoms with Gasteiger partial charge >= 0.3 is 0 Å². The number of anilines is 1. The molecule has 110 valence electrons. The third-order valence-electron chi connectivity index (χ3n) is 3.00. The summed E-state index contributed by atoms with van der Waals surface area (Å²) < 4.78 is 19.0. The van der Waals surface area contributed by atoms with Crippen LogP contribution in [0.25, 0.3) is 11.3 Å². The van der Waals surface area contributed by atoms with Crippen LogP contribution >= 0.6 is 15.9 Å². The van der Waals surface area contributed by atoms with Crippen LogP contribution < -0.4 is 5.32 Å². The minimum atomic E-state index is -0.358. The molecule has 0 saturated carbocycles. The zero-order valence-corrected chi connectivity index (χ0v) is 12.8. The highest BCUT2D eigenvalue weighted by molar-refractivity contribution is 9.10. The quantitative estimate of drug-likeness (QED) is 0.748. The van der Waals surface area contributed by atoms with Gasteiger partial charge in [-0.05, 0) is 42.5 Å². The summed E-state index contributed by atoms with van der Waals surface area (Å²) in [7, 11) is 0. The van der Waals surface area contributed by atoms with Gasteiger partial charge in [0.2, 0.25) is 0 Å². The topological polar surface area (TPSA) is 55.1 Å². The van der Waals surface area contributed by atoms with Gasteiger partial charge in [0.05, 0.1) is 6.20 Å². The van der Waals surface area contributed by atoms with E-state index in [0.29, 0.717) is 17.0 Å². The molecule has 0 unspecified atom stereocenters. The second-order valence-electron chi connectivity index (χ2n) is 4.54. The van der Waals surface area contributed by atoms with Crippen LogP contribution in [0, 0.1) is 5.82 Å². The summed E-state index contributed by atoms with van der Waals surface area (Å²) in [4.78, 5) is 12.3.